The highest BCUT2D eigenvalue weighted by molar-refractivity contribution is 7.89. The third kappa shape index (κ3) is 5.39. The highest BCUT2D eigenvalue weighted by Gasteiger charge is 2.33. The first-order valence-corrected chi connectivity index (χ1v) is 11.9. The SMILES string of the molecule is O=S(=O)(N[C@@H]1CC[C@@H](CCn2cc(-c3cccc(F)c3)nn2)O[C@@H]1CO)c1ccccc1. The number of ether oxygens (including phenoxy) is 1. The smallest absolute Gasteiger partial charge is 0.240 e. The van der Waals surface area contributed by atoms with Gasteiger partial charge in [0, 0.05) is 12.1 Å². The summed E-state index contributed by atoms with van der Waals surface area (Å²) in [7, 11) is -3.69. The summed E-state index contributed by atoms with van der Waals surface area (Å²) in [5.41, 5.74) is 1.23. The van der Waals surface area contributed by atoms with Crippen LogP contribution in [0.4, 0.5) is 4.39 Å². The van der Waals surface area contributed by atoms with Crippen LogP contribution in [0, 0.1) is 5.82 Å². The predicted molar refractivity (Wildman–Crippen MR) is 116 cm³/mol. The Bertz CT molecular complexity index is 1140. The Kier molecular flexibility index (Phi) is 6.95. The monoisotopic (exact) mass is 460 g/mol. The fourth-order valence-corrected chi connectivity index (χ4v) is 5.13. The first-order valence-electron chi connectivity index (χ1n) is 10.4. The molecule has 4 rings (SSSR count). The Hall–Kier alpha value is -2.66. The maximum atomic E-state index is 13.4. The summed E-state index contributed by atoms with van der Waals surface area (Å²) in [5, 5.41) is 17.9. The summed E-state index contributed by atoms with van der Waals surface area (Å²) < 4.78 is 48.9. The fourth-order valence-electron chi connectivity index (χ4n) is 3.81. The van der Waals surface area contributed by atoms with Crippen molar-refractivity contribution in [2.45, 2.75) is 49.0 Å². The third-order valence-electron chi connectivity index (χ3n) is 5.49. The highest BCUT2D eigenvalue weighted by atomic mass is 32.2. The minimum absolute atomic E-state index is 0.147. The molecule has 0 bridgehead atoms. The molecule has 1 saturated heterocycles. The number of hydrogen-bond acceptors (Lipinski definition) is 6. The summed E-state index contributed by atoms with van der Waals surface area (Å²) >= 11 is 0. The average Bonchev–Trinajstić information content (AvgIpc) is 3.28. The van der Waals surface area contributed by atoms with Crippen molar-refractivity contribution in [2.75, 3.05) is 6.61 Å². The summed E-state index contributed by atoms with van der Waals surface area (Å²) in [6.07, 6.45) is 2.79. The minimum Gasteiger partial charge on any atom is -0.394 e. The van der Waals surface area contributed by atoms with E-state index in [1.54, 1.807) is 41.2 Å². The third-order valence-corrected chi connectivity index (χ3v) is 7.00. The van der Waals surface area contributed by atoms with E-state index < -0.39 is 22.2 Å². The summed E-state index contributed by atoms with van der Waals surface area (Å²) in [5.74, 6) is -0.333. The van der Waals surface area contributed by atoms with E-state index in [0.717, 1.165) is 0 Å². The van der Waals surface area contributed by atoms with Crippen molar-refractivity contribution < 1.29 is 22.7 Å². The van der Waals surface area contributed by atoms with Gasteiger partial charge in [-0.1, -0.05) is 35.5 Å². The Balaban J connectivity index is 1.33. The zero-order valence-electron chi connectivity index (χ0n) is 17.3. The molecular formula is C22H25FN4O4S. The van der Waals surface area contributed by atoms with Crippen LogP contribution in [-0.4, -0.2) is 53.4 Å². The van der Waals surface area contributed by atoms with Gasteiger partial charge in [-0.2, -0.15) is 0 Å². The quantitative estimate of drug-likeness (QED) is 0.535. The Morgan fingerprint density at radius 3 is 2.72 bits per heavy atom. The van der Waals surface area contributed by atoms with Gasteiger partial charge >= 0.3 is 0 Å². The van der Waals surface area contributed by atoms with Gasteiger partial charge in [0.05, 0.1) is 35.9 Å². The number of aliphatic hydroxyl groups excluding tert-OH is 1. The van der Waals surface area contributed by atoms with E-state index in [1.165, 1.54) is 24.3 Å². The van der Waals surface area contributed by atoms with Crippen LogP contribution in [0.25, 0.3) is 11.3 Å². The number of rotatable bonds is 8. The molecule has 1 fully saturated rings. The number of halogens is 1. The molecule has 2 aromatic carbocycles. The van der Waals surface area contributed by atoms with Gasteiger partial charge in [-0.15, -0.1) is 5.10 Å². The molecule has 3 atom stereocenters. The molecule has 0 radical (unpaired) electrons. The molecule has 2 N–H and O–H groups in total. The maximum absolute atomic E-state index is 13.4. The van der Waals surface area contributed by atoms with E-state index >= 15 is 0 Å². The lowest BCUT2D eigenvalue weighted by Crippen LogP contribution is -2.50. The minimum atomic E-state index is -3.69. The van der Waals surface area contributed by atoms with Gasteiger partial charge in [0.25, 0.3) is 0 Å². The van der Waals surface area contributed by atoms with Crippen LogP contribution in [-0.2, 0) is 21.3 Å². The molecular weight excluding hydrogens is 435 g/mol. The maximum Gasteiger partial charge on any atom is 0.240 e. The van der Waals surface area contributed by atoms with Crippen LogP contribution in [0.5, 0.6) is 0 Å². The van der Waals surface area contributed by atoms with Gasteiger partial charge in [0.2, 0.25) is 10.0 Å². The van der Waals surface area contributed by atoms with E-state index in [4.69, 9.17) is 4.74 Å². The van der Waals surface area contributed by atoms with Gasteiger partial charge in [-0.25, -0.2) is 17.5 Å². The second-order valence-electron chi connectivity index (χ2n) is 7.76. The van der Waals surface area contributed by atoms with Crippen LogP contribution in [0.1, 0.15) is 19.3 Å². The Morgan fingerprint density at radius 2 is 1.97 bits per heavy atom. The van der Waals surface area contributed by atoms with E-state index in [0.29, 0.717) is 37.1 Å². The van der Waals surface area contributed by atoms with Crippen molar-refractivity contribution >= 4 is 10.0 Å². The average molecular weight is 461 g/mol. The molecule has 0 amide bonds. The number of aryl methyl sites for hydroxylation is 1. The number of hydrogen-bond donors (Lipinski definition) is 2. The van der Waals surface area contributed by atoms with E-state index in [1.807, 2.05) is 0 Å². The molecule has 0 unspecified atom stereocenters. The number of nitrogens with zero attached hydrogens (tertiary/aromatic N) is 3. The number of benzene rings is 2. The molecule has 0 saturated carbocycles. The molecule has 0 spiro atoms. The van der Waals surface area contributed by atoms with Crippen molar-refractivity contribution in [3.05, 3.63) is 66.6 Å². The van der Waals surface area contributed by atoms with Crippen LogP contribution >= 0.6 is 0 Å². The molecule has 8 nitrogen and oxygen atoms in total. The molecule has 3 aromatic rings. The van der Waals surface area contributed by atoms with Crippen molar-refractivity contribution in [3.63, 3.8) is 0 Å². The van der Waals surface area contributed by atoms with Gasteiger partial charge in [-0.3, -0.25) is 4.68 Å². The van der Waals surface area contributed by atoms with Crippen LogP contribution in [0.2, 0.25) is 0 Å². The predicted octanol–water partition coefficient (Wildman–Crippen LogP) is 2.36. The molecule has 0 aliphatic carbocycles. The Morgan fingerprint density at radius 1 is 1.16 bits per heavy atom. The van der Waals surface area contributed by atoms with Crippen LogP contribution < -0.4 is 4.72 Å². The normalized spacial score (nSPS) is 21.5. The topological polar surface area (TPSA) is 106 Å². The van der Waals surface area contributed by atoms with Gasteiger partial charge in [-0.05, 0) is 43.5 Å². The number of aromatic nitrogens is 3. The van der Waals surface area contributed by atoms with E-state index in [2.05, 4.69) is 15.0 Å². The second-order valence-corrected chi connectivity index (χ2v) is 9.48. The molecule has 2 heterocycles. The molecule has 32 heavy (non-hydrogen) atoms. The van der Waals surface area contributed by atoms with Gasteiger partial charge in [0.15, 0.2) is 0 Å². The van der Waals surface area contributed by atoms with Crippen molar-refractivity contribution in [1.29, 1.82) is 0 Å². The standard InChI is InChI=1S/C22H25FN4O4S/c23-17-6-4-5-16(13-17)21-14-27(26-24-21)12-11-18-9-10-20(22(15-28)31-18)25-32(29,30)19-7-2-1-3-8-19/h1-8,13-14,18,20,22,25,28H,9-12,15H2/t18-,20+,22+/m0/s1. The summed E-state index contributed by atoms with van der Waals surface area (Å²) in [6.45, 7) is 0.247. The number of nitrogens with one attached hydrogen (secondary N) is 1. The van der Waals surface area contributed by atoms with Crippen molar-refractivity contribution in [2.24, 2.45) is 0 Å². The first kappa shape index (κ1) is 22.5. The highest BCUT2D eigenvalue weighted by Crippen LogP contribution is 2.24. The number of sulfonamides is 1. The molecule has 170 valence electrons. The summed E-state index contributed by atoms with van der Waals surface area (Å²) in [6, 6.07) is 13.8. The summed E-state index contributed by atoms with van der Waals surface area (Å²) in [4.78, 5) is 0.180. The van der Waals surface area contributed by atoms with Crippen molar-refractivity contribution in [1.82, 2.24) is 19.7 Å². The van der Waals surface area contributed by atoms with Gasteiger partial charge < -0.3 is 9.84 Å². The zero-order chi connectivity index (χ0) is 22.6. The van der Waals surface area contributed by atoms with Gasteiger partial charge in [0.1, 0.15) is 11.5 Å². The molecule has 1 aromatic heterocycles. The number of aliphatic hydroxyl groups is 1. The fraction of sp³-hybridized carbons (Fsp3) is 0.364. The lowest BCUT2D eigenvalue weighted by molar-refractivity contribution is -0.0891. The second kappa shape index (κ2) is 9.86. The zero-order valence-corrected chi connectivity index (χ0v) is 18.2. The lowest BCUT2D eigenvalue weighted by atomic mass is 9.98. The molecule has 1 aliphatic rings. The van der Waals surface area contributed by atoms with Crippen molar-refractivity contribution in [3.8, 4) is 11.3 Å². The largest absolute Gasteiger partial charge is 0.394 e. The molecule has 1 aliphatic heterocycles. The molecule has 10 heteroatoms. The van der Waals surface area contributed by atoms with E-state index in [-0.39, 0.29) is 23.4 Å². The lowest BCUT2D eigenvalue weighted by Gasteiger charge is -2.36. The Labute approximate surface area is 186 Å². The van der Waals surface area contributed by atoms with Crippen LogP contribution in [0.15, 0.2) is 65.7 Å². The van der Waals surface area contributed by atoms with Crippen LogP contribution in [0.3, 0.4) is 0 Å². The first-order chi connectivity index (χ1) is 15.4. The van der Waals surface area contributed by atoms with E-state index in [9.17, 15) is 17.9 Å².